The first kappa shape index (κ1) is 9.88. The maximum Gasteiger partial charge on any atom is 0.109 e. The van der Waals surface area contributed by atoms with E-state index in [9.17, 15) is 10.2 Å². The van der Waals surface area contributed by atoms with Crippen molar-refractivity contribution in [2.75, 3.05) is 19.8 Å². The average molecular weight is 178 g/mol. The summed E-state index contributed by atoms with van der Waals surface area (Å²) in [5, 5.41) is 36.0. The Morgan fingerprint density at radius 3 is 2.25 bits per heavy atom. The van der Waals surface area contributed by atoms with Gasteiger partial charge in [-0.15, -0.1) is 0 Å². The molecule has 1 saturated heterocycles. The summed E-state index contributed by atoms with van der Waals surface area (Å²) in [6.07, 6.45) is -2.86. The molecular formula is C7H14O5. The van der Waals surface area contributed by atoms with Crippen LogP contribution >= 0.6 is 0 Å². The Bertz CT molecular complexity index is 124. The van der Waals surface area contributed by atoms with Gasteiger partial charge in [-0.2, -0.15) is 0 Å². The molecule has 5 nitrogen and oxygen atoms in total. The normalized spacial score (nSPS) is 43.0. The Kier molecular flexibility index (Phi) is 3.42. The highest BCUT2D eigenvalue weighted by Crippen LogP contribution is 2.19. The van der Waals surface area contributed by atoms with E-state index in [0.29, 0.717) is 0 Å². The van der Waals surface area contributed by atoms with E-state index in [-0.39, 0.29) is 19.8 Å². The van der Waals surface area contributed by atoms with Gasteiger partial charge in [-0.1, -0.05) is 0 Å². The lowest BCUT2D eigenvalue weighted by atomic mass is 9.93. The van der Waals surface area contributed by atoms with Crippen molar-refractivity contribution in [3.8, 4) is 0 Å². The molecule has 0 amide bonds. The molecule has 4 N–H and O–H groups in total. The average Bonchev–Trinajstić information content (AvgIpc) is 2.10. The van der Waals surface area contributed by atoms with Crippen molar-refractivity contribution < 1.29 is 25.2 Å². The zero-order valence-electron chi connectivity index (χ0n) is 6.63. The summed E-state index contributed by atoms with van der Waals surface area (Å²) in [6.45, 7) is -0.382. The van der Waals surface area contributed by atoms with Gasteiger partial charge in [-0.25, -0.2) is 0 Å². The molecule has 0 unspecified atom stereocenters. The van der Waals surface area contributed by atoms with Crippen LogP contribution in [0.1, 0.15) is 0 Å². The molecule has 12 heavy (non-hydrogen) atoms. The lowest BCUT2D eigenvalue weighted by molar-refractivity contribution is -0.180. The fourth-order valence-electron chi connectivity index (χ4n) is 1.26. The topological polar surface area (TPSA) is 90.2 Å². The molecule has 1 fully saturated rings. The molecule has 0 aliphatic carbocycles. The molecule has 0 saturated carbocycles. The Morgan fingerprint density at radius 2 is 1.75 bits per heavy atom. The predicted molar refractivity (Wildman–Crippen MR) is 39.4 cm³/mol. The van der Waals surface area contributed by atoms with Crippen molar-refractivity contribution >= 4 is 0 Å². The van der Waals surface area contributed by atoms with E-state index in [0.717, 1.165) is 0 Å². The van der Waals surface area contributed by atoms with Crippen molar-refractivity contribution in [3.63, 3.8) is 0 Å². The van der Waals surface area contributed by atoms with Crippen LogP contribution in [0.5, 0.6) is 0 Å². The minimum atomic E-state index is -1.11. The summed E-state index contributed by atoms with van der Waals surface area (Å²) in [5.41, 5.74) is 0. The molecule has 1 aliphatic heterocycles. The monoisotopic (exact) mass is 178 g/mol. The van der Waals surface area contributed by atoms with Crippen LogP contribution in [-0.2, 0) is 4.74 Å². The second-order valence-corrected chi connectivity index (χ2v) is 2.98. The summed E-state index contributed by atoms with van der Waals surface area (Å²) >= 11 is 0. The van der Waals surface area contributed by atoms with Crippen molar-refractivity contribution in [2.24, 2.45) is 5.92 Å². The highest BCUT2D eigenvalue weighted by atomic mass is 16.5. The maximum absolute atomic E-state index is 9.34. The Balaban J connectivity index is 2.52. The van der Waals surface area contributed by atoms with Crippen LogP contribution in [0, 0.1) is 5.92 Å². The Morgan fingerprint density at radius 1 is 1.08 bits per heavy atom. The molecule has 1 rings (SSSR count). The molecule has 72 valence electrons. The van der Waals surface area contributed by atoms with Crippen LogP contribution in [-0.4, -0.2) is 58.6 Å². The molecule has 1 heterocycles. The van der Waals surface area contributed by atoms with Crippen molar-refractivity contribution in [3.05, 3.63) is 0 Å². The van der Waals surface area contributed by atoms with Gasteiger partial charge in [0.2, 0.25) is 0 Å². The maximum atomic E-state index is 9.34. The number of aliphatic hydroxyl groups excluding tert-OH is 4. The molecule has 0 spiro atoms. The van der Waals surface area contributed by atoms with E-state index in [1.54, 1.807) is 0 Å². The standard InChI is InChI=1S/C7H14O5/c8-1-4-3-12-5(2-9)7(11)6(4)10/h4-11H,1-3H2/t4-,5-,6-,7+/m1/s1. The molecule has 0 aromatic rings. The summed E-state index contributed by atoms with van der Waals surface area (Å²) in [5.74, 6) is -0.456. The van der Waals surface area contributed by atoms with E-state index < -0.39 is 24.2 Å². The van der Waals surface area contributed by atoms with Gasteiger partial charge >= 0.3 is 0 Å². The summed E-state index contributed by atoms with van der Waals surface area (Å²) < 4.78 is 4.99. The van der Waals surface area contributed by atoms with Crippen LogP contribution in [0.3, 0.4) is 0 Å². The van der Waals surface area contributed by atoms with Gasteiger partial charge in [0.25, 0.3) is 0 Å². The SMILES string of the molecule is OC[C@@H]1CO[C@H](CO)[C@H](O)[C@@H]1O. The van der Waals surface area contributed by atoms with E-state index in [1.807, 2.05) is 0 Å². The minimum absolute atomic E-state index is 0.167. The van der Waals surface area contributed by atoms with Gasteiger partial charge in [0, 0.05) is 5.92 Å². The fourth-order valence-corrected chi connectivity index (χ4v) is 1.26. The lowest BCUT2D eigenvalue weighted by Gasteiger charge is -2.35. The Labute approximate surface area is 70.2 Å². The second kappa shape index (κ2) is 4.15. The molecule has 0 radical (unpaired) electrons. The number of aliphatic hydroxyl groups is 4. The van der Waals surface area contributed by atoms with E-state index in [4.69, 9.17) is 14.9 Å². The molecule has 4 atom stereocenters. The summed E-state index contributed by atoms with van der Waals surface area (Å²) in [7, 11) is 0. The lowest BCUT2D eigenvalue weighted by Crippen LogP contribution is -2.52. The van der Waals surface area contributed by atoms with Gasteiger partial charge in [-0.05, 0) is 0 Å². The van der Waals surface area contributed by atoms with Crippen LogP contribution in [0.25, 0.3) is 0 Å². The van der Waals surface area contributed by atoms with Gasteiger partial charge in [0.05, 0.1) is 25.9 Å². The summed E-state index contributed by atoms with van der Waals surface area (Å²) in [6, 6.07) is 0. The van der Waals surface area contributed by atoms with E-state index in [1.165, 1.54) is 0 Å². The predicted octanol–water partition coefficient (Wildman–Crippen LogP) is -2.29. The molecule has 5 heteroatoms. The second-order valence-electron chi connectivity index (χ2n) is 2.98. The third kappa shape index (κ3) is 1.75. The molecule has 1 aliphatic rings. The van der Waals surface area contributed by atoms with Crippen molar-refractivity contribution in [2.45, 2.75) is 18.3 Å². The van der Waals surface area contributed by atoms with Crippen LogP contribution in [0.4, 0.5) is 0 Å². The zero-order chi connectivity index (χ0) is 9.14. The largest absolute Gasteiger partial charge is 0.396 e. The first-order valence-corrected chi connectivity index (χ1v) is 3.90. The number of rotatable bonds is 2. The first-order valence-electron chi connectivity index (χ1n) is 3.90. The minimum Gasteiger partial charge on any atom is -0.396 e. The fraction of sp³-hybridized carbons (Fsp3) is 1.00. The van der Waals surface area contributed by atoms with Gasteiger partial charge < -0.3 is 25.2 Å². The molecule has 0 aromatic carbocycles. The zero-order valence-corrected chi connectivity index (χ0v) is 6.63. The first-order chi connectivity index (χ1) is 5.70. The van der Waals surface area contributed by atoms with Gasteiger partial charge in [-0.3, -0.25) is 0 Å². The van der Waals surface area contributed by atoms with Crippen LogP contribution < -0.4 is 0 Å². The van der Waals surface area contributed by atoms with E-state index in [2.05, 4.69) is 0 Å². The van der Waals surface area contributed by atoms with Gasteiger partial charge in [0.15, 0.2) is 0 Å². The molecular weight excluding hydrogens is 164 g/mol. The number of hydrogen-bond acceptors (Lipinski definition) is 5. The number of ether oxygens (including phenoxy) is 1. The highest BCUT2D eigenvalue weighted by molar-refractivity contribution is 4.85. The third-order valence-corrected chi connectivity index (χ3v) is 2.15. The van der Waals surface area contributed by atoms with Crippen LogP contribution in [0.2, 0.25) is 0 Å². The van der Waals surface area contributed by atoms with Crippen LogP contribution in [0.15, 0.2) is 0 Å². The molecule has 0 bridgehead atoms. The Hall–Kier alpha value is -0.200. The molecule has 0 aromatic heterocycles. The van der Waals surface area contributed by atoms with E-state index >= 15 is 0 Å². The van der Waals surface area contributed by atoms with Gasteiger partial charge in [0.1, 0.15) is 12.2 Å². The summed E-state index contributed by atoms with van der Waals surface area (Å²) in [4.78, 5) is 0. The highest BCUT2D eigenvalue weighted by Gasteiger charge is 2.37. The third-order valence-electron chi connectivity index (χ3n) is 2.15. The smallest absolute Gasteiger partial charge is 0.109 e. The quantitative estimate of drug-likeness (QED) is 0.382. The number of hydrogen-bond donors (Lipinski definition) is 4. The van der Waals surface area contributed by atoms with Crippen molar-refractivity contribution in [1.29, 1.82) is 0 Å². The van der Waals surface area contributed by atoms with Crippen molar-refractivity contribution in [1.82, 2.24) is 0 Å².